The Balaban J connectivity index is 1.89. The van der Waals surface area contributed by atoms with E-state index in [1.165, 1.54) is 17.8 Å². The molecule has 0 aliphatic carbocycles. The normalized spacial score (nSPS) is 10.6. The predicted octanol–water partition coefficient (Wildman–Crippen LogP) is 3.45. The SMILES string of the molecule is CCCSCc1cc(=O)[nH]c(SCC(=O)Nc2ccc(C)cc2)n1. The molecule has 5 nitrogen and oxygen atoms in total. The molecule has 24 heavy (non-hydrogen) atoms. The molecule has 0 unspecified atom stereocenters. The van der Waals surface area contributed by atoms with Gasteiger partial charge in [0, 0.05) is 17.5 Å². The van der Waals surface area contributed by atoms with Crippen LogP contribution in [0.5, 0.6) is 0 Å². The van der Waals surface area contributed by atoms with Gasteiger partial charge < -0.3 is 10.3 Å². The summed E-state index contributed by atoms with van der Waals surface area (Å²) in [7, 11) is 0. The second kappa shape index (κ2) is 9.54. The molecule has 1 aromatic heterocycles. The topological polar surface area (TPSA) is 74.8 Å². The molecule has 0 aliphatic rings. The predicted molar refractivity (Wildman–Crippen MR) is 102 cm³/mol. The monoisotopic (exact) mass is 363 g/mol. The summed E-state index contributed by atoms with van der Waals surface area (Å²) < 4.78 is 0. The van der Waals surface area contributed by atoms with E-state index in [1.807, 2.05) is 31.2 Å². The molecule has 128 valence electrons. The van der Waals surface area contributed by atoms with E-state index in [1.54, 1.807) is 11.8 Å². The van der Waals surface area contributed by atoms with E-state index in [0.29, 0.717) is 10.9 Å². The number of nitrogens with one attached hydrogen (secondary N) is 2. The number of benzene rings is 1. The van der Waals surface area contributed by atoms with Crippen molar-refractivity contribution in [3.63, 3.8) is 0 Å². The first-order valence-corrected chi connectivity index (χ1v) is 9.88. The Morgan fingerprint density at radius 1 is 1.29 bits per heavy atom. The van der Waals surface area contributed by atoms with Gasteiger partial charge in [0.1, 0.15) is 0 Å². The Bertz CT molecular complexity index is 729. The highest BCUT2D eigenvalue weighted by atomic mass is 32.2. The molecule has 0 fully saturated rings. The zero-order chi connectivity index (χ0) is 17.4. The number of aromatic amines is 1. The molecule has 2 rings (SSSR count). The van der Waals surface area contributed by atoms with Crippen LogP contribution in [0.2, 0.25) is 0 Å². The van der Waals surface area contributed by atoms with Crippen LogP contribution in [0.25, 0.3) is 0 Å². The van der Waals surface area contributed by atoms with E-state index in [2.05, 4.69) is 22.2 Å². The van der Waals surface area contributed by atoms with Gasteiger partial charge in [-0.25, -0.2) is 4.98 Å². The van der Waals surface area contributed by atoms with Gasteiger partial charge in [0.2, 0.25) is 5.91 Å². The lowest BCUT2D eigenvalue weighted by Gasteiger charge is -2.06. The highest BCUT2D eigenvalue weighted by Gasteiger charge is 2.07. The fourth-order valence-corrected chi connectivity index (χ4v) is 3.40. The maximum absolute atomic E-state index is 12.0. The maximum Gasteiger partial charge on any atom is 0.251 e. The minimum Gasteiger partial charge on any atom is -0.325 e. The maximum atomic E-state index is 12.0. The lowest BCUT2D eigenvalue weighted by Crippen LogP contribution is -2.15. The summed E-state index contributed by atoms with van der Waals surface area (Å²) in [6.45, 7) is 4.11. The van der Waals surface area contributed by atoms with Gasteiger partial charge in [-0.2, -0.15) is 11.8 Å². The molecule has 2 N–H and O–H groups in total. The number of H-pyrrole nitrogens is 1. The number of rotatable bonds is 8. The third kappa shape index (κ3) is 6.41. The number of thioether (sulfide) groups is 2. The van der Waals surface area contributed by atoms with Crippen LogP contribution in [-0.4, -0.2) is 27.4 Å². The number of carbonyl (C=O) groups excluding carboxylic acids is 1. The summed E-state index contributed by atoms with van der Waals surface area (Å²) in [6, 6.07) is 9.13. The average Bonchev–Trinajstić information content (AvgIpc) is 2.55. The molecule has 0 atom stereocenters. The summed E-state index contributed by atoms with van der Waals surface area (Å²) in [6.07, 6.45) is 1.09. The van der Waals surface area contributed by atoms with Gasteiger partial charge in [-0.1, -0.05) is 36.4 Å². The number of aromatic nitrogens is 2. The van der Waals surface area contributed by atoms with E-state index in [9.17, 15) is 9.59 Å². The second-order valence-electron chi connectivity index (χ2n) is 5.30. The third-order valence-corrected chi connectivity index (χ3v) is 5.12. The van der Waals surface area contributed by atoms with E-state index in [4.69, 9.17) is 0 Å². The molecule has 0 aliphatic heterocycles. The Hall–Kier alpha value is -1.73. The smallest absolute Gasteiger partial charge is 0.251 e. The van der Waals surface area contributed by atoms with Crippen molar-refractivity contribution in [3.8, 4) is 0 Å². The van der Waals surface area contributed by atoms with Crippen LogP contribution < -0.4 is 10.9 Å². The molecule has 1 aromatic carbocycles. The first-order chi connectivity index (χ1) is 11.6. The summed E-state index contributed by atoms with van der Waals surface area (Å²) in [5.41, 5.74) is 2.47. The first kappa shape index (κ1) is 18.6. The van der Waals surface area contributed by atoms with Crippen molar-refractivity contribution < 1.29 is 4.79 Å². The molecule has 0 radical (unpaired) electrons. The zero-order valence-electron chi connectivity index (χ0n) is 13.8. The molecule has 1 amide bonds. The van der Waals surface area contributed by atoms with Crippen LogP contribution in [-0.2, 0) is 10.5 Å². The lowest BCUT2D eigenvalue weighted by molar-refractivity contribution is -0.113. The second-order valence-corrected chi connectivity index (χ2v) is 7.37. The molecular weight excluding hydrogens is 342 g/mol. The fourth-order valence-electron chi connectivity index (χ4n) is 1.91. The minimum absolute atomic E-state index is 0.128. The minimum atomic E-state index is -0.182. The molecular formula is C17H21N3O2S2. The number of hydrogen-bond acceptors (Lipinski definition) is 5. The van der Waals surface area contributed by atoms with Crippen molar-refractivity contribution in [1.29, 1.82) is 0 Å². The first-order valence-electron chi connectivity index (χ1n) is 7.74. The van der Waals surface area contributed by atoms with Crippen molar-refractivity contribution >= 4 is 35.1 Å². The van der Waals surface area contributed by atoms with Crippen molar-refractivity contribution in [1.82, 2.24) is 9.97 Å². The van der Waals surface area contributed by atoms with Crippen molar-refractivity contribution in [3.05, 3.63) is 51.9 Å². The van der Waals surface area contributed by atoms with E-state index in [-0.39, 0.29) is 17.2 Å². The van der Waals surface area contributed by atoms with Crippen LogP contribution in [0.4, 0.5) is 5.69 Å². The van der Waals surface area contributed by atoms with Crippen LogP contribution in [0.1, 0.15) is 24.6 Å². The highest BCUT2D eigenvalue weighted by Crippen LogP contribution is 2.16. The molecule has 7 heteroatoms. The van der Waals surface area contributed by atoms with Crippen LogP contribution in [0.3, 0.4) is 0 Å². The molecule has 2 aromatic rings. The number of carbonyl (C=O) groups is 1. The summed E-state index contributed by atoms with van der Waals surface area (Å²) in [5.74, 6) is 1.82. The van der Waals surface area contributed by atoms with E-state index < -0.39 is 0 Å². The van der Waals surface area contributed by atoms with Gasteiger partial charge in [0.05, 0.1) is 11.4 Å². The number of hydrogen-bond donors (Lipinski definition) is 2. The van der Waals surface area contributed by atoms with E-state index >= 15 is 0 Å². The number of aryl methyl sites for hydroxylation is 1. The molecule has 0 bridgehead atoms. The van der Waals surface area contributed by atoms with Crippen LogP contribution >= 0.6 is 23.5 Å². The number of nitrogens with zero attached hydrogens (tertiary/aromatic N) is 1. The van der Waals surface area contributed by atoms with Gasteiger partial charge in [0.25, 0.3) is 5.56 Å². The molecule has 0 saturated heterocycles. The summed E-state index contributed by atoms with van der Waals surface area (Å²) >= 11 is 2.98. The zero-order valence-corrected chi connectivity index (χ0v) is 15.4. The fraction of sp³-hybridized carbons (Fsp3) is 0.353. The van der Waals surface area contributed by atoms with Crippen molar-refractivity contribution in [2.24, 2.45) is 0 Å². The third-order valence-electron chi connectivity index (χ3n) is 3.05. The van der Waals surface area contributed by atoms with Crippen LogP contribution in [0, 0.1) is 6.92 Å². The van der Waals surface area contributed by atoms with Gasteiger partial charge in [-0.15, -0.1) is 0 Å². The Labute approximate surface area is 150 Å². The summed E-state index contributed by atoms with van der Waals surface area (Å²) in [5, 5.41) is 3.31. The highest BCUT2D eigenvalue weighted by molar-refractivity contribution is 7.99. The van der Waals surface area contributed by atoms with Crippen molar-refractivity contribution in [2.75, 3.05) is 16.8 Å². The van der Waals surface area contributed by atoms with Gasteiger partial charge >= 0.3 is 0 Å². The average molecular weight is 364 g/mol. The Morgan fingerprint density at radius 2 is 2.04 bits per heavy atom. The van der Waals surface area contributed by atoms with Crippen LogP contribution in [0.15, 0.2) is 40.3 Å². The summed E-state index contributed by atoms with van der Waals surface area (Å²) in [4.78, 5) is 30.8. The lowest BCUT2D eigenvalue weighted by atomic mass is 10.2. The number of amides is 1. The molecule has 0 spiro atoms. The standard InChI is InChI=1S/C17H21N3O2S2/c1-3-8-23-10-14-9-15(21)20-17(19-14)24-11-16(22)18-13-6-4-12(2)5-7-13/h4-7,9H,3,8,10-11H2,1-2H3,(H,18,22)(H,19,20,21). The van der Waals surface area contributed by atoms with Crippen molar-refractivity contribution in [2.45, 2.75) is 31.2 Å². The van der Waals surface area contributed by atoms with E-state index in [0.717, 1.165) is 29.1 Å². The Morgan fingerprint density at radius 3 is 2.75 bits per heavy atom. The Kier molecular flexibility index (Phi) is 7.39. The molecule has 1 heterocycles. The largest absolute Gasteiger partial charge is 0.325 e. The quantitative estimate of drug-likeness (QED) is 0.427. The van der Waals surface area contributed by atoms with Gasteiger partial charge in [0.15, 0.2) is 5.16 Å². The molecule has 0 saturated carbocycles. The number of anilines is 1. The van der Waals surface area contributed by atoms with Gasteiger partial charge in [-0.05, 0) is 31.2 Å². The van der Waals surface area contributed by atoms with Gasteiger partial charge in [-0.3, -0.25) is 9.59 Å².